The number of carbonyl (C=O) groups is 8. The van der Waals surface area contributed by atoms with Gasteiger partial charge in [0.25, 0.3) is 41.4 Å². The van der Waals surface area contributed by atoms with E-state index in [9.17, 15) is 38.4 Å². The van der Waals surface area contributed by atoms with Crippen LogP contribution in [0.2, 0.25) is 0 Å². The van der Waals surface area contributed by atoms with Crippen LogP contribution in [0.3, 0.4) is 0 Å². The van der Waals surface area contributed by atoms with Crippen LogP contribution in [-0.2, 0) is 6.42 Å². The van der Waals surface area contributed by atoms with Crippen LogP contribution < -0.4 is 42.5 Å². The smallest absolute Gasteiger partial charge is 0.258 e. The molecule has 27 nitrogen and oxygen atoms in total. The number of Topliss-reactive ketones (excluding diaryl/α,β-unsaturated/α-hetero) is 1. The van der Waals surface area contributed by atoms with E-state index in [0.29, 0.717) is 90.4 Å². The number of pyridine rings is 4. The third-order valence-corrected chi connectivity index (χ3v) is 21.6. The second-order valence-electron chi connectivity index (χ2n) is 28.6. The molecule has 0 unspecified atom stereocenters. The molecule has 31 heteroatoms. The number of amides is 7. The Morgan fingerprint density at radius 1 is 0.312 bits per heavy atom. The topological polar surface area (TPSA) is 344 Å². The standard InChI is InChI=1S/C24H22BrN5O2.C24H21BrN4O2.2C23H20BrN5O2/c1-30-14-4-13-26-22(30)16-7-9-17(10-8-16)23(31)28-20-6-3-2-5-19(20)24(32)29-21-12-11-18(25)15-27-21;1-29-13-12-26-23(29)17-8-6-16(7-9-17)21(30)14-18-4-2-3-5-20(18)24(31)28-22-11-10-19(25)15-27-22;1-29-13-12-25-21(29)15-6-8-16(9-7-15)22(30)27-19-5-3-2-4-18(19)23(31)28-20-11-10-17(24)14-26-20;24-17-10-11-20(27-14-17)29-23(31)18-4-1-2-5-19(18)28-22(30)16-8-6-15(7-9-16)21-25-12-3-13-26-21/h2-3,5-12,15H,4,13-14H2,1H3,(H,28,31)(H,27,29,32);2-11,15H,12-14H2,1H3,(H,27,28,31);2-11,14H,12-13H2,1H3,(H,27,30)(H,26,28,31);1-2,4-11,14H,3,12-13H2,(H,25,26)(H,28,30)(H,27,29,31). The Hall–Kier alpha value is -13.9. The summed E-state index contributed by atoms with van der Waals surface area (Å²) in [5, 5.41) is 22.8. The van der Waals surface area contributed by atoms with Crippen molar-refractivity contribution in [3.05, 3.63) is 358 Å². The Labute approximate surface area is 754 Å². The van der Waals surface area contributed by atoms with Crippen LogP contribution in [-0.4, -0.2) is 179 Å². The summed E-state index contributed by atoms with van der Waals surface area (Å²) >= 11 is 13.3. The van der Waals surface area contributed by atoms with E-state index in [2.05, 4.69) is 161 Å². The van der Waals surface area contributed by atoms with E-state index in [0.717, 1.165) is 129 Å². The Balaban J connectivity index is 0.000000143. The molecule has 16 rings (SSSR count). The molecule has 0 atom stereocenters. The third-order valence-electron chi connectivity index (χ3n) is 19.7. The zero-order chi connectivity index (χ0) is 87.7. The van der Waals surface area contributed by atoms with E-state index < -0.39 is 0 Å². The number of likely N-dealkylation sites (N-methyl/N-ethyl adjacent to an activating group) is 2. The van der Waals surface area contributed by atoms with Crippen molar-refractivity contribution in [2.45, 2.75) is 19.3 Å². The number of benzene rings is 8. The minimum atomic E-state index is -0.359. The van der Waals surface area contributed by atoms with Crippen LogP contribution in [0, 0.1) is 0 Å². The second-order valence-corrected chi connectivity index (χ2v) is 32.2. The van der Waals surface area contributed by atoms with Crippen molar-refractivity contribution in [1.29, 1.82) is 0 Å². The fourth-order valence-electron chi connectivity index (χ4n) is 13.2. The normalized spacial score (nSPS) is 13.1. The number of carbonyl (C=O) groups excluding carboxylic acids is 8. The summed E-state index contributed by atoms with van der Waals surface area (Å²) in [4.78, 5) is 143. The fourth-order valence-corrected chi connectivity index (χ4v) is 14.2. The number of nitrogens with one attached hydrogen (secondary N) is 8. The third kappa shape index (κ3) is 24.5. The van der Waals surface area contributed by atoms with Gasteiger partial charge in [-0.05, 0) is 210 Å². The highest BCUT2D eigenvalue weighted by Gasteiger charge is 2.24. The van der Waals surface area contributed by atoms with E-state index in [1.54, 1.807) is 201 Å². The molecule has 8 N–H and O–H groups in total. The van der Waals surface area contributed by atoms with Crippen molar-refractivity contribution < 1.29 is 38.4 Å². The maximum absolute atomic E-state index is 12.9. The summed E-state index contributed by atoms with van der Waals surface area (Å²) in [6, 6.07) is 71.0. The zero-order valence-electron chi connectivity index (χ0n) is 67.9. The predicted octanol–water partition coefficient (Wildman–Crippen LogP) is 16.8. The molecule has 0 saturated heterocycles. The van der Waals surface area contributed by atoms with Gasteiger partial charge in [-0.2, -0.15) is 0 Å². The second kappa shape index (κ2) is 43.2. The number of amidine groups is 4. The molecular weight excluding hydrogens is 1840 g/mol. The van der Waals surface area contributed by atoms with Gasteiger partial charge in [0.2, 0.25) is 0 Å². The number of hydrogen-bond acceptors (Lipinski definition) is 20. The quantitative estimate of drug-likeness (QED) is 0.0310. The number of nitrogens with zero attached hydrogens (tertiary/aromatic N) is 11. The molecule has 0 fully saturated rings. The van der Waals surface area contributed by atoms with E-state index in [4.69, 9.17) is 0 Å². The molecule has 0 spiro atoms. The number of aliphatic imine (C=N–C) groups is 4. The fraction of sp³-hybridized carbons (Fsp3) is 0.149. The summed E-state index contributed by atoms with van der Waals surface area (Å²) in [6.45, 7) is 6.86. The van der Waals surface area contributed by atoms with Crippen LogP contribution in [0.15, 0.2) is 305 Å². The number of aromatic nitrogens is 4. The minimum Gasteiger partial charge on any atom is -0.370 e. The summed E-state index contributed by atoms with van der Waals surface area (Å²) < 4.78 is 3.27. The molecule has 0 saturated carbocycles. The van der Waals surface area contributed by atoms with Gasteiger partial charge in [-0.15, -0.1) is 0 Å². The molecule has 125 heavy (non-hydrogen) atoms. The Kier molecular flexibility index (Phi) is 30.8. The largest absolute Gasteiger partial charge is 0.370 e. The molecule has 12 aromatic rings. The van der Waals surface area contributed by atoms with Gasteiger partial charge in [-0.1, -0.05) is 115 Å². The van der Waals surface area contributed by atoms with Gasteiger partial charge in [0.05, 0.1) is 46.8 Å². The van der Waals surface area contributed by atoms with Crippen LogP contribution in [0.1, 0.15) is 124 Å². The van der Waals surface area contributed by atoms with E-state index in [1.165, 1.54) is 0 Å². The monoisotopic (exact) mass is 1920 g/mol. The Morgan fingerprint density at radius 2 is 0.624 bits per heavy atom. The summed E-state index contributed by atoms with van der Waals surface area (Å²) in [5.41, 5.74) is 9.41. The highest BCUT2D eigenvalue weighted by molar-refractivity contribution is 9.11. The lowest BCUT2D eigenvalue weighted by Gasteiger charge is -2.25. The van der Waals surface area contributed by atoms with Crippen LogP contribution in [0.25, 0.3) is 0 Å². The molecule has 7 amide bonds. The Morgan fingerprint density at radius 3 is 0.952 bits per heavy atom. The molecule has 0 bridgehead atoms. The first-order valence-electron chi connectivity index (χ1n) is 39.6. The van der Waals surface area contributed by atoms with Crippen LogP contribution in [0.4, 0.5) is 40.3 Å². The summed E-state index contributed by atoms with van der Waals surface area (Å²) in [7, 11) is 6.03. The van der Waals surface area contributed by atoms with Gasteiger partial charge in [-0.3, -0.25) is 58.3 Å². The first-order chi connectivity index (χ1) is 60.6. The summed E-state index contributed by atoms with van der Waals surface area (Å²) in [5.74, 6) is 3.07. The van der Waals surface area contributed by atoms with Crippen LogP contribution >= 0.6 is 63.7 Å². The maximum atomic E-state index is 12.9. The van der Waals surface area contributed by atoms with Crippen molar-refractivity contribution in [1.82, 2.24) is 40.0 Å². The van der Waals surface area contributed by atoms with Crippen molar-refractivity contribution in [3.8, 4) is 0 Å². The number of anilines is 7. The molecule has 4 aliphatic rings. The highest BCUT2D eigenvalue weighted by Crippen LogP contribution is 2.26. The van der Waals surface area contributed by atoms with Gasteiger partial charge in [0.15, 0.2) is 5.78 Å². The van der Waals surface area contributed by atoms with Gasteiger partial charge >= 0.3 is 0 Å². The predicted molar refractivity (Wildman–Crippen MR) is 504 cm³/mol. The number of ketones is 1. The van der Waals surface area contributed by atoms with E-state index in [1.807, 2.05) is 87.9 Å². The number of halogens is 4. The van der Waals surface area contributed by atoms with Gasteiger partial charge in [0, 0.05) is 160 Å². The lowest BCUT2D eigenvalue weighted by atomic mass is 9.97. The molecule has 4 aromatic heterocycles. The number of rotatable bonds is 21. The lowest BCUT2D eigenvalue weighted by molar-refractivity contribution is 0.0984. The van der Waals surface area contributed by atoms with Crippen molar-refractivity contribution in [2.24, 2.45) is 20.0 Å². The number of hydrogen-bond donors (Lipinski definition) is 8. The molecule has 0 aliphatic carbocycles. The molecule has 0 radical (unpaired) electrons. The van der Waals surface area contributed by atoms with E-state index >= 15 is 0 Å². The molecule has 8 heterocycles. The summed E-state index contributed by atoms with van der Waals surface area (Å²) in [6.07, 6.45) is 8.62. The first-order valence-corrected chi connectivity index (χ1v) is 42.8. The molecule has 4 aliphatic heterocycles. The lowest BCUT2D eigenvalue weighted by Crippen LogP contribution is -2.32. The van der Waals surface area contributed by atoms with E-state index in [-0.39, 0.29) is 53.6 Å². The van der Waals surface area contributed by atoms with Crippen molar-refractivity contribution in [3.63, 3.8) is 0 Å². The van der Waals surface area contributed by atoms with Crippen molar-refractivity contribution >= 4 is 175 Å². The van der Waals surface area contributed by atoms with Crippen molar-refractivity contribution in [2.75, 3.05) is 111 Å². The van der Waals surface area contributed by atoms with Gasteiger partial charge in [0.1, 0.15) is 46.6 Å². The highest BCUT2D eigenvalue weighted by atomic mass is 79.9. The molecular formula is C94H83Br4N19O8. The van der Waals surface area contributed by atoms with Gasteiger partial charge in [-0.25, -0.2) is 19.9 Å². The van der Waals surface area contributed by atoms with Crippen LogP contribution in [0.5, 0.6) is 0 Å². The number of para-hydroxylation sites is 3. The molecule has 630 valence electrons. The first kappa shape index (κ1) is 88.9. The minimum absolute atomic E-state index is 0.0460. The Bertz CT molecular complexity index is 5860. The average molecular weight is 1930 g/mol. The molecule has 8 aromatic carbocycles. The average Bonchev–Trinajstić information content (AvgIpc) is 1.78. The maximum Gasteiger partial charge on any atom is 0.258 e. The SMILES string of the molecule is CN1CCCN=C1c1ccc(C(=O)Nc2ccccc2C(=O)Nc2ccc(Br)cn2)cc1.CN1CCN=C1c1ccc(C(=O)Cc2ccccc2C(=O)Nc2ccc(Br)cn2)cc1.CN1CCN=C1c1ccc(C(=O)Nc2ccccc2C(=O)Nc2ccc(Br)cn2)cc1.O=C(Nc1ccccc1C(=O)Nc1ccc(Br)cn1)c1ccc(C2=NCCCN2)cc1. The zero-order valence-corrected chi connectivity index (χ0v) is 74.2. The van der Waals surface area contributed by atoms with Gasteiger partial charge < -0.3 is 57.2 Å².